The third-order valence-corrected chi connectivity index (χ3v) is 3.94. The molecule has 0 heterocycles. The number of rotatable bonds is 7. The zero-order valence-corrected chi connectivity index (χ0v) is 17.9. The van der Waals surface area contributed by atoms with Gasteiger partial charge in [-0.25, -0.2) is 0 Å². The first-order valence-electron chi connectivity index (χ1n) is 9.52. The zero-order valence-electron chi connectivity index (χ0n) is 17.1. The van der Waals surface area contributed by atoms with Gasteiger partial charge in [0.05, 0.1) is 6.10 Å². The van der Waals surface area contributed by atoms with Gasteiger partial charge in [-0.2, -0.15) is 0 Å². The van der Waals surface area contributed by atoms with E-state index in [2.05, 4.69) is 16.0 Å². The van der Waals surface area contributed by atoms with Gasteiger partial charge < -0.3 is 15.4 Å². The molecule has 0 aliphatic rings. The van der Waals surface area contributed by atoms with Crippen molar-refractivity contribution < 1.29 is 14.3 Å². The molecule has 2 rings (SSSR count). The van der Waals surface area contributed by atoms with E-state index in [9.17, 15) is 9.59 Å². The molecule has 2 aromatic rings. The Bertz CT molecular complexity index is 847. The van der Waals surface area contributed by atoms with E-state index in [4.69, 9.17) is 17.0 Å². The molecule has 0 radical (unpaired) electrons. The van der Waals surface area contributed by atoms with Gasteiger partial charge in [0.2, 0.25) is 5.91 Å². The molecule has 2 amide bonds. The first kappa shape index (κ1) is 22.4. The van der Waals surface area contributed by atoms with Gasteiger partial charge in [-0.1, -0.05) is 13.8 Å². The Balaban J connectivity index is 1.86. The van der Waals surface area contributed by atoms with E-state index in [-0.39, 0.29) is 23.0 Å². The Morgan fingerprint density at radius 2 is 1.45 bits per heavy atom. The van der Waals surface area contributed by atoms with Crippen LogP contribution in [0.1, 0.15) is 44.5 Å². The quantitative estimate of drug-likeness (QED) is 0.579. The van der Waals surface area contributed by atoms with Gasteiger partial charge in [-0.05, 0) is 80.5 Å². The highest BCUT2D eigenvalue weighted by Crippen LogP contribution is 2.16. The smallest absolute Gasteiger partial charge is 0.257 e. The molecule has 29 heavy (non-hydrogen) atoms. The van der Waals surface area contributed by atoms with E-state index < -0.39 is 0 Å². The number of benzene rings is 2. The molecular formula is C22H27N3O3S. The topological polar surface area (TPSA) is 79.5 Å². The van der Waals surface area contributed by atoms with Crippen LogP contribution in [0.3, 0.4) is 0 Å². The summed E-state index contributed by atoms with van der Waals surface area (Å²) in [7, 11) is 0. The van der Waals surface area contributed by atoms with Crippen molar-refractivity contribution in [1.29, 1.82) is 0 Å². The Morgan fingerprint density at radius 3 is 1.97 bits per heavy atom. The first-order valence-corrected chi connectivity index (χ1v) is 9.92. The summed E-state index contributed by atoms with van der Waals surface area (Å²) < 4.78 is 5.57. The highest BCUT2D eigenvalue weighted by molar-refractivity contribution is 7.80. The van der Waals surface area contributed by atoms with Crippen molar-refractivity contribution in [3.63, 3.8) is 0 Å². The average molecular weight is 414 g/mol. The maximum absolute atomic E-state index is 12.3. The van der Waals surface area contributed by atoms with Crippen LogP contribution in [0.2, 0.25) is 0 Å². The van der Waals surface area contributed by atoms with Gasteiger partial charge >= 0.3 is 0 Å². The lowest BCUT2D eigenvalue weighted by molar-refractivity contribution is -0.116. The number of hydrogen-bond acceptors (Lipinski definition) is 4. The van der Waals surface area contributed by atoms with Crippen molar-refractivity contribution >= 4 is 40.5 Å². The maximum Gasteiger partial charge on any atom is 0.257 e. The molecule has 0 aliphatic carbocycles. The molecule has 0 saturated carbocycles. The minimum atomic E-state index is -0.309. The van der Waals surface area contributed by atoms with E-state index in [1.54, 1.807) is 48.5 Å². The molecule has 7 heteroatoms. The minimum absolute atomic E-state index is 0.0201. The average Bonchev–Trinajstić information content (AvgIpc) is 2.62. The molecular weight excluding hydrogens is 386 g/mol. The fourth-order valence-electron chi connectivity index (χ4n) is 2.51. The van der Waals surface area contributed by atoms with Crippen LogP contribution in [0.15, 0.2) is 48.5 Å². The van der Waals surface area contributed by atoms with Crippen LogP contribution in [0.25, 0.3) is 0 Å². The molecule has 6 nitrogen and oxygen atoms in total. The Morgan fingerprint density at radius 1 is 0.897 bits per heavy atom. The number of hydrogen-bond donors (Lipinski definition) is 3. The number of nitrogens with one attached hydrogen (secondary N) is 3. The van der Waals surface area contributed by atoms with Gasteiger partial charge in [0.1, 0.15) is 5.75 Å². The number of ether oxygens (including phenoxy) is 1. The van der Waals surface area contributed by atoms with Crippen molar-refractivity contribution in [2.75, 3.05) is 10.6 Å². The van der Waals surface area contributed by atoms with E-state index in [1.807, 2.05) is 27.7 Å². The van der Waals surface area contributed by atoms with Crippen LogP contribution < -0.4 is 20.7 Å². The summed E-state index contributed by atoms with van der Waals surface area (Å²) >= 11 is 5.21. The summed E-state index contributed by atoms with van der Waals surface area (Å²) in [5, 5.41) is 8.63. The van der Waals surface area contributed by atoms with Crippen LogP contribution in [0.5, 0.6) is 5.75 Å². The monoisotopic (exact) mass is 413 g/mol. The Labute approximate surface area is 177 Å². The van der Waals surface area contributed by atoms with Crippen LogP contribution in [-0.2, 0) is 4.79 Å². The second kappa shape index (κ2) is 10.6. The van der Waals surface area contributed by atoms with E-state index in [0.29, 0.717) is 35.0 Å². The van der Waals surface area contributed by atoms with Crippen molar-refractivity contribution in [3.8, 4) is 5.75 Å². The number of thiocarbonyl (C=S) groups is 1. The summed E-state index contributed by atoms with van der Waals surface area (Å²) in [5.74, 6) is 0.679. The Hall–Kier alpha value is -2.93. The molecule has 3 N–H and O–H groups in total. The van der Waals surface area contributed by atoms with Crippen LogP contribution in [-0.4, -0.2) is 23.0 Å². The van der Waals surface area contributed by atoms with E-state index >= 15 is 0 Å². The van der Waals surface area contributed by atoms with Gasteiger partial charge in [0.15, 0.2) is 5.11 Å². The van der Waals surface area contributed by atoms with Gasteiger partial charge in [0.25, 0.3) is 5.91 Å². The predicted molar refractivity (Wildman–Crippen MR) is 120 cm³/mol. The third kappa shape index (κ3) is 7.91. The summed E-state index contributed by atoms with van der Waals surface area (Å²) in [6.45, 7) is 7.87. The van der Waals surface area contributed by atoms with Crippen molar-refractivity contribution in [2.24, 2.45) is 5.92 Å². The third-order valence-electron chi connectivity index (χ3n) is 3.74. The summed E-state index contributed by atoms with van der Waals surface area (Å²) in [6.07, 6.45) is 0.544. The van der Waals surface area contributed by atoms with E-state index in [1.165, 1.54) is 0 Å². The summed E-state index contributed by atoms with van der Waals surface area (Å²) in [6, 6.07) is 14.0. The van der Waals surface area contributed by atoms with Gasteiger partial charge in [-0.15, -0.1) is 0 Å². The minimum Gasteiger partial charge on any atom is -0.491 e. The molecule has 0 unspecified atom stereocenters. The lowest BCUT2D eigenvalue weighted by atomic mass is 10.1. The van der Waals surface area contributed by atoms with Crippen molar-refractivity contribution in [3.05, 3.63) is 54.1 Å². The van der Waals surface area contributed by atoms with Crippen molar-refractivity contribution in [1.82, 2.24) is 5.32 Å². The molecule has 0 aliphatic heterocycles. The van der Waals surface area contributed by atoms with Crippen LogP contribution in [0, 0.1) is 5.92 Å². The number of carbonyl (C=O) groups is 2. The molecule has 0 fully saturated rings. The highest BCUT2D eigenvalue weighted by atomic mass is 32.1. The fourth-order valence-corrected chi connectivity index (χ4v) is 2.72. The number of amides is 2. The molecule has 154 valence electrons. The molecule has 0 saturated heterocycles. The SMILES string of the molecule is CC(C)CC(=O)Nc1ccc(NC(=S)NC(=O)c2ccc(OC(C)C)cc2)cc1. The second-order valence-corrected chi connectivity index (χ2v) is 7.73. The van der Waals surface area contributed by atoms with Crippen LogP contribution in [0.4, 0.5) is 11.4 Å². The lowest BCUT2D eigenvalue weighted by Crippen LogP contribution is -2.34. The summed E-state index contributed by atoms with van der Waals surface area (Å²) in [4.78, 5) is 24.1. The Kier molecular flexibility index (Phi) is 8.15. The molecule has 0 aromatic heterocycles. The fraction of sp³-hybridized carbons (Fsp3) is 0.318. The second-order valence-electron chi connectivity index (χ2n) is 7.32. The molecule has 0 atom stereocenters. The first-order chi connectivity index (χ1) is 13.7. The normalized spacial score (nSPS) is 10.6. The molecule has 0 spiro atoms. The molecule has 2 aromatic carbocycles. The highest BCUT2D eigenvalue weighted by Gasteiger charge is 2.09. The zero-order chi connectivity index (χ0) is 21.4. The van der Waals surface area contributed by atoms with E-state index in [0.717, 1.165) is 0 Å². The van der Waals surface area contributed by atoms with Gasteiger partial charge in [0, 0.05) is 23.4 Å². The van der Waals surface area contributed by atoms with Gasteiger partial charge in [-0.3, -0.25) is 14.9 Å². The number of carbonyl (C=O) groups excluding carboxylic acids is 2. The predicted octanol–water partition coefficient (Wildman–Crippen LogP) is 4.59. The molecule has 0 bridgehead atoms. The summed E-state index contributed by atoms with van der Waals surface area (Å²) in [5.41, 5.74) is 1.89. The largest absolute Gasteiger partial charge is 0.491 e. The van der Waals surface area contributed by atoms with Crippen molar-refractivity contribution in [2.45, 2.75) is 40.2 Å². The maximum atomic E-state index is 12.3. The standard InChI is InChI=1S/C22H27N3O3S/c1-14(2)13-20(26)23-17-7-9-18(10-8-17)24-22(29)25-21(27)16-5-11-19(12-6-16)28-15(3)4/h5-12,14-15H,13H2,1-4H3,(H,23,26)(H2,24,25,27,29). The number of anilines is 2. The lowest BCUT2D eigenvalue weighted by Gasteiger charge is -2.12. The van der Waals surface area contributed by atoms with Crippen LogP contribution >= 0.6 is 12.2 Å².